The van der Waals surface area contributed by atoms with Crippen LogP contribution in [0.1, 0.15) is 30.5 Å². The maximum absolute atomic E-state index is 12.6. The van der Waals surface area contributed by atoms with Gasteiger partial charge in [-0.1, -0.05) is 18.2 Å². The fourth-order valence-electron chi connectivity index (χ4n) is 2.78. The number of carbonyl (C=O) groups excluding carboxylic acids is 1. The molecule has 6 nitrogen and oxygen atoms in total. The molecule has 0 atom stereocenters. The van der Waals surface area contributed by atoms with Gasteiger partial charge in [-0.05, 0) is 68.7 Å². The minimum Gasteiger partial charge on any atom is -0.309 e. The van der Waals surface area contributed by atoms with Gasteiger partial charge in [-0.25, -0.2) is 4.79 Å². The van der Waals surface area contributed by atoms with Gasteiger partial charge in [0.25, 0.3) is 0 Å². The fraction of sp³-hybridized carbons (Fsp3) is 0.350. The Labute approximate surface area is 160 Å². The van der Waals surface area contributed by atoms with E-state index in [9.17, 15) is 9.36 Å². The first-order valence-corrected chi connectivity index (χ1v) is 10.7. The van der Waals surface area contributed by atoms with Gasteiger partial charge < -0.3 is 19.7 Å². The molecular formula is C20H27N2O4P. The summed E-state index contributed by atoms with van der Waals surface area (Å²) in [7, 11) is -3.14. The van der Waals surface area contributed by atoms with E-state index in [1.807, 2.05) is 32.0 Å². The Bertz CT molecular complexity index is 791. The van der Waals surface area contributed by atoms with Crippen molar-refractivity contribution >= 4 is 25.0 Å². The highest BCUT2D eigenvalue weighted by atomic mass is 31.2. The third-order valence-corrected chi connectivity index (χ3v) is 5.77. The van der Waals surface area contributed by atoms with Crippen LogP contribution in [0.4, 0.5) is 16.2 Å². The predicted molar refractivity (Wildman–Crippen MR) is 110 cm³/mol. The number of carbonyl (C=O) groups is 1. The van der Waals surface area contributed by atoms with Gasteiger partial charge in [-0.3, -0.25) is 4.57 Å². The molecule has 0 spiro atoms. The van der Waals surface area contributed by atoms with Crippen LogP contribution < -0.4 is 10.6 Å². The Hall–Kier alpha value is -2.14. The van der Waals surface area contributed by atoms with Gasteiger partial charge in [0.1, 0.15) is 0 Å². The van der Waals surface area contributed by atoms with Gasteiger partial charge in [0, 0.05) is 11.4 Å². The molecule has 0 aliphatic heterocycles. The number of nitrogens with one attached hydrogen (secondary N) is 2. The Morgan fingerprint density at radius 1 is 0.889 bits per heavy atom. The minimum atomic E-state index is -3.14. The standard InChI is InChI=1S/C20H27N2O4P/c1-5-25-27(24,26-6-2)14-17-7-9-18(10-8-17)21-20(23)22-19-12-15(3)11-16(4)13-19/h7-13H,5-6,14H2,1-4H3,(H2,21,22,23). The van der Waals surface area contributed by atoms with Crippen molar-refractivity contribution < 1.29 is 18.4 Å². The van der Waals surface area contributed by atoms with Crippen LogP contribution in [-0.4, -0.2) is 19.2 Å². The summed E-state index contributed by atoms with van der Waals surface area (Å²) >= 11 is 0. The molecule has 0 radical (unpaired) electrons. The number of amides is 2. The zero-order valence-electron chi connectivity index (χ0n) is 16.2. The molecule has 0 bridgehead atoms. The molecule has 0 fully saturated rings. The quantitative estimate of drug-likeness (QED) is 0.566. The van der Waals surface area contributed by atoms with E-state index in [0.717, 1.165) is 22.4 Å². The van der Waals surface area contributed by atoms with E-state index < -0.39 is 7.60 Å². The molecule has 0 saturated carbocycles. The highest BCUT2D eigenvalue weighted by molar-refractivity contribution is 7.53. The molecule has 2 amide bonds. The predicted octanol–water partition coefficient (Wildman–Crippen LogP) is 5.71. The van der Waals surface area contributed by atoms with Crippen LogP contribution in [-0.2, 0) is 19.8 Å². The maximum atomic E-state index is 12.6. The molecule has 0 aliphatic carbocycles. The monoisotopic (exact) mass is 390 g/mol. The number of hydrogen-bond donors (Lipinski definition) is 2. The van der Waals surface area contributed by atoms with Gasteiger partial charge in [0.2, 0.25) is 0 Å². The molecule has 146 valence electrons. The van der Waals surface area contributed by atoms with E-state index in [4.69, 9.17) is 9.05 Å². The molecule has 27 heavy (non-hydrogen) atoms. The average molecular weight is 390 g/mol. The van der Waals surface area contributed by atoms with E-state index in [1.54, 1.807) is 38.1 Å². The zero-order valence-corrected chi connectivity index (χ0v) is 17.1. The maximum Gasteiger partial charge on any atom is 0.335 e. The van der Waals surface area contributed by atoms with Crippen LogP contribution in [0.3, 0.4) is 0 Å². The van der Waals surface area contributed by atoms with Gasteiger partial charge in [0.05, 0.1) is 19.4 Å². The van der Waals surface area contributed by atoms with E-state index in [0.29, 0.717) is 18.9 Å². The normalized spacial score (nSPS) is 11.3. The molecule has 0 unspecified atom stereocenters. The van der Waals surface area contributed by atoms with E-state index in [2.05, 4.69) is 10.6 Å². The van der Waals surface area contributed by atoms with Crippen LogP contribution >= 0.6 is 7.60 Å². The second kappa shape index (κ2) is 9.70. The topological polar surface area (TPSA) is 76.7 Å². The van der Waals surface area contributed by atoms with Crippen LogP contribution in [0.25, 0.3) is 0 Å². The summed E-state index contributed by atoms with van der Waals surface area (Å²) < 4.78 is 23.2. The first-order chi connectivity index (χ1) is 12.8. The molecule has 0 aliphatic rings. The molecule has 0 heterocycles. The molecule has 7 heteroatoms. The highest BCUT2D eigenvalue weighted by Gasteiger charge is 2.23. The van der Waals surface area contributed by atoms with Gasteiger partial charge >= 0.3 is 13.6 Å². The molecule has 0 saturated heterocycles. The van der Waals surface area contributed by atoms with Crippen molar-refractivity contribution in [1.82, 2.24) is 0 Å². The third kappa shape index (κ3) is 6.83. The molecule has 2 aromatic rings. The average Bonchev–Trinajstić information content (AvgIpc) is 2.56. The summed E-state index contributed by atoms with van der Waals surface area (Å²) in [6, 6.07) is 12.7. The van der Waals surface area contributed by atoms with Gasteiger partial charge in [0.15, 0.2) is 0 Å². The number of benzene rings is 2. The lowest BCUT2D eigenvalue weighted by Crippen LogP contribution is -2.19. The van der Waals surface area contributed by atoms with E-state index in [-0.39, 0.29) is 12.2 Å². The molecule has 2 aromatic carbocycles. The van der Waals surface area contributed by atoms with E-state index in [1.165, 1.54) is 0 Å². The van der Waals surface area contributed by atoms with Gasteiger partial charge in [-0.15, -0.1) is 0 Å². The molecule has 0 aromatic heterocycles. The molecule has 2 rings (SSSR count). The highest BCUT2D eigenvalue weighted by Crippen LogP contribution is 2.51. The second-order valence-corrected chi connectivity index (χ2v) is 8.31. The Morgan fingerprint density at radius 2 is 1.41 bits per heavy atom. The summed E-state index contributed by atoms with van der Waals surface area (Å²) in [6.45, 7) is 8.20. The zero-order chi connectivity index (χ0) is 19.9. The van der Waals surface area contributed by atoms with Crippen LogP contribution in [0.5, 0.6) is 0 Å². The summed E-state index contributed by atoms with van der Waals surface area (Å²) in [5.41, 5.74) is 4.38. The fourth-order valence-corrected chi connectivity index (χ4v) is 4.48. The van der Waals surface area contributed by atoms with Crippen molar-refractivity contribution in [3.05, 3.63) is 59.2 Å². The third-order valence-electron chi connectivity index (χ3n) is 3.72. The van der Waals surface area contributed by atoms with E-state index >= 15 is 0 Å². The second-order valence-electron chi connectivity index (χ2n) is 6.26. The molecule has 2 N–H and O–H groups in total. The largest absolute Gasteiger partial charge is 0.335 e. The van der Waals surface area contributed by atoms with Crippen molar-refractivity contribution in [2.75, 3.05) is 23.8 Å². The number of urea groups is 1. The number of anilines is 2. The molecular weight excluding hydrogens is 363 g/mol. The van der Waals surface area contributed by atoms with Crippen molar-refractivity contribution in [2.24, 2.45) is 0 Å². The Balaban J connectivity index is 1.98. The summed E-state index contributed by atoms with van der Waals surface area (Å²) in [5, 5.41) is 5.61. The van der Waals surface area contributed by atoms with Gasteiger partial charge in [-0.2, -0.15) is 0 Å². The van der Waals surface area contributed by atoms with Crippen LogP contribution in [0, 0.1) is 13.8 Å². The lowest BCUT2D eigenvalue weighted by Gasteiger charge is -2.17. The van der Waals surface area contributed by atoms with Crippen molar-refractivity contribution in [3.8, 4) is 0 Å². The summed E-state index contributed by atoms with van der Waals surface area (Å²) in [6.07, 6.45) is 0.198. The minimum absolute atomic E-state index is 0.198. The number of rotatable bonds is 8. The number of aryl methyl sites for hydroxylation is 2. The smallest absolute Gasteiger partial charge is 0.309 e. The summed E-state index contributed by atoms with van der Waals surface area (Å²) in [5.74, 6) is 0. The summed E-state index contributed by atoms with van der Waals surface area (Å²) in [4.78, 5) is 12.2. The van der Waals surface area contributed by atoms with Crippen molar-refractivity contribution in [3.63, 3.8) is 0 Å². The van der Waals surface area contributed by atoms with Crippen molar-refractivity contribution in [2.45, 2.75) is 33.9 Å². The Kier molecular flexibility index (Phi) is 7.60. The lowest BCUT2D eigenvalue weighted by atomic mass is 10.1. The van der Waals surface area contributed by atoms with Crippen LogP contribution in [0.2, 0.25) is 0 Å². The van der Waals surface area contributed by atoms with Crippen LogP contribution in [0.15, 0.2) is 42.5 Å². The Morgan fingerprint density at radius 3 is 1.93 bits per heavy atom. The van der Waals surface area contributed by atoms with Crippen molar-refractivity contribution in [1.29, 1.82) is 0 Å². The SMILES string of the molecule is CCOP(=O)(Cc1ccc(NC(=O)Nc2cc(C)cc(C)c2)cc1)OCC. The first kappa shape index (κ1) is 21.2. The lowest BCUT2D eigenvalue weighted by molar-refractivity contribution is 0.219. The number of hydrogen-bond acceptors (Lipinski definition) is 4. The first-order valence-electron chi connectivity index (χ1n) is 8.97.